The van der Waals surface area contributed by atoms with Crippen LogP contribution in [0.1, 0.15) is 37.4 Å². The average molecular weight is 812 g/mol. The van der Waals surface area contributed by atoms with E-state index in [1.54, 1.807) is 7.11 Å². The third kappa shape index (κ3) is 6.37. The second-order valence-corrected chi connectivity index (χ2v) is 21.7. The molecule has 0 unspecified atom stereocenters. The van der Waals surface area contributed by atoms with Gasteiger partial charge < -0.3 is 24.8 Å². The van der Waals surface area contributed by atoms with Crippen LogP contribution in [0.5, 0.6) is 5.75 Å². The number of anilines is 4. The zero-order valence-corrected chi connectivity index (χ0v) is 35.3. The molecule has 1 aromatic heterocycles. The van der Waals surface area contributed by atoms with Gasteiger partial charge in [0.2, 0.25) is 0 Å². The van der Waals surface area contributed by atoms with Gasteiger partial charge in [0.15, 0.2) is 5.60 Å². The molecule has 5 heterocycles. The molecule has 0 saturated carbocycles. The van der Waals surface area contributed by atoms with Crippen LogP contribution in [-0.2, 0) is 32.9 Å². The summed E-state index contributed by atoms with van der Waals surface area (Å²) in [5, 5.41) is 22.9. The number of aryl methyl sites for hydroxylation is 1. The van der Waals surface area contributed by atoms with Crippen LogP contribution in [0.2, 0.25) is 18.6 Å². The molecule has 306 valence electrons. The maximum Gasteiger partial charge on any atom is 0.268 e. The Labute approximate surface area is 346 Å². The Balaban J connectivity index is 1.16. The molecule has 4 aromatic carbocycles. The third-order valence-electron chi connectivity index (χ3n) is 13.6. The number of hydrogen-bond acceptors (Lipinski definition) is 9. The van der Waals surface area contributed by atoms with Crippen molar-refractivity contribution in [3.63, 3.8) is 0 Å². The highest BCUT2D eigenvalue weighted by atomic mass is 28.3. The van der Waals surface area contributed by atoms with Gasteiger partial charge in [-0.1, -0.05) is 78.9 Å². The van der Waals surface area contributed by atoms with Crippen molar-refractivity contribution in [1.82, 2.24) is 20.3 Å². The van der Waals surface area contributed by atoms with Crippen LogP contribution in [0.15, 0.2) is 109 Å². The van der Waals surface area contributed by atoms with Gasteiger partial charge in [0.05, 0.1) is 39.3 Å². The monoisotopic (exact) mass is 811 g/mol. The number of aliphatic hydroxyl groups is 1. The van der Waals surface area contributed by atoms with Gasteiger partial charge in [-0.15, -0.1) is 5.10 Å². The minimum absolute atomic E-state index is 0.00111. The van der Waals surface area contributed by atoms with Crippen molar-refractivity contribution < 1.29 is 24.2 Å². The molecule has 3 saturated heterocycles. The number of hydrogen-bond donors (Lipinski definition) is 2. The highest BCUT2D eigenvalue weighted by Crippen LogP contribution is 2.61. The first-order chi connectivity index (χ1) is 28.6. The molecule has 3 fully saturated rings. The van der Waals surface area contributed by atoms with E-state index in [0.717, 1.165) is 52.8 Å². The number of rotatable bonds is 11. The molecule has 0 aliphatic carbocycles. The lowest BCUT2D eigenvalue weighted by Crippen LogP contribution is -2.55. The van der Waals surface area contributed by atoms with Crippen molar-refractivity contribution in [2.45, 2.75) is 75.0 Å². The lowest BCUT2D eigenvalue weighted by molar-refractivity contribution is -0.145. The number of nitrogens with one attached hydrogen (secondary N) is 1. The minimum atomic E-state index is -2.43. The van der Waals surface area contributed by atoms with Gasteiger partial charge >= 0.3 is 0 Å². The topological polar surface area (TPSA) is 125 Å². The Bertz CT molecular complexity index is 2320. The molecule has 2 N–H and O–H groups in total. The van der Waals surface area contributed by atoms with E-state index in [4.69, 9.17) is 9.47 Å². The van der Waals surface area contributed by atoms with Crippen LogP contribution in [0.4, 0.5) is 22.7 Å². The van der Waals surface area contributed by atoms with Crippen LogP contribution in [0.3, 0.4) is 0 Å². The molecule has 4 aliphatic heterocycles. The second kappa shape index (κ2) is 15.4. The summed E-state index contributed by atoms with van der Waals surface area (Å²) in [4.78, 5) is 36.5. The lowest BCUT2D eigenvalue weighted by atomic mass is 9.82. The fourth-order valence-corrected chi connectivity index (χ4v) is 14.7. The first-order valence-electron chi connectivity index (χ1n) is 20.8. The van der Waals surface area contributed by atoms with Crippen LogP contribution in [0, 0.1) is 5.92 Å². The molecule has 9 rings (SSSR count). The van der Waals surface area contributed by atoms with E-state index in [2.05, 4.69) is 70.9 Å². The molecule has 59 heavy (non-hydrogen) atoms. The fourth-order valence-electron chi connectivity index (χ4n) is 10.6. The summed E-state index contributed by atoms with van der Waals surface area (Å²) >= 11 is 0. The standard InChI is InChI=1S/C46H53N7O5Si/c1-32-42(59(3,4)38-18-16-37(57-2)17-19-38)41(21-27-50-30-33(22-28-54)48-49-50)58-46(32)39-29-36(15-20-40(39)53(44(46)56)35-13-9-6-10-14-35)51-31-52(34-11-7-5-8-12-34)45(43(51)55)23-25-47-26-24-45/h5-20,29-30,32,41-42,47,54H,21-28,31H2,1-4H3/t32-,41+,42-,46+/m1/s1. The number of benzene rings is 4. The number of piperidine rings is 1. The molecule has 12 nitrogen and oxygen atoms in total. The van der Waals surface area contributed by atoms with Gasteiger partial charge in [-0.2, -0.15) is 0 Å². The van der Waals surface area contributed by atoms with Crippen molar-refractivity contribution >= 4 is 47.8 Å². The summed E-state index contributed by atoms with van der Waals surface area (Å²) < 4.78 is 14.9. The summed E-state index contributed by atoms with van der Waals surface area (Å²) in [7, 11) is -0.752. The van der Waals surface area contributed by atoms with Gasteiger partial charge in [0.25, 0.3) is 11.8 Å². The van der Waals surface area contributed by atoms with E-state index < -0.39 is 19.2 Å². The van der Waals surface area contributed by atoms with E-state index in [1.807, 2.05) is 93.5 Å². The van der Waals surface area contributed by atoms with E-state index in [0.29, 0.717) is 38.9 Å². The molecule has 2 amide bonds. The number of fused-ring (bicyclic) bond motifs is 2. The van der Waals surface area contributed by atoms with E-state index in [9.17, 15) is 9.90 Å². The normalized spacial score (nSPS) is 23.8. The molecule has 0 radical (unpaired) electrons. The Morgan fingerprint density at radius 1 is 0.898 bits per heavy atom. The van der Waals surface area contributed by atoms with E-state index in [1.165, 1.54) is 5.19 Å². The number of carbonyl (C=O) groups is 2. The summed E-state index contributed by atoms with van der Waals surface area (Å²) in [5.41, 5.74) is 2.85. The third-order valence-corrected chi connectivity index (χ3v) is 18.0. The fraction of sp³-hybridized carbons (Fsp3) is 0.391. The van der Waals surface area contributed by atoms with Gasteiger partial charge in [-0.3, -0.25) is 24.1 Å². The number of aliphatic hydroxyl groups excluding tert-OH is 1. The number of ether oxygens (including phenoxy) is 2. The van der Waals surface area contributed by atoms with E-state index in [-0.39, 0.29) is 36.0 Å². The van der Waals surface area contributed by atoms with Crippen LogP contribution in [0.25, 0.3) is 0 Å². The smallest absolute Gasteiger partial charge is 0.268 e. The number of amides is 2. The van der Waals surface area contributed by atoms with Gasteiger partial charge in [-0.25, -0.2) is 0 Å². The second-order valence-electron chi connectivity index (χ2n) is 17.0. The van der Waals surface area contributed by atoms with Crippen molar-refractivity contribution in [3.05, 3.63) is 121 Å². The predicted molar refractivity (Wildman–Crippen MR) is 231 cm³/mol. The van der Waals surface area contributed by atoms with Crippen molar-refractivity contribution in [2.24, 2.45) is 5.92 Å². The van der Waals surface area contributed by atoms with Gasteiger partial charge in [0, 0.05) is 54.3 Å². The molecular formula is C46H53N7O5Si. The van der Waals surface area contributed by atoms with Crippen molar-refractivity contribution in [1.29, 1.82) is 0 Å². The quantitative estimate of drug-likeness (QED) is 0.161. The first-order valence-corrected chi connectivity index (χ1v) is 23.9. The maximum atomic E-state index is 15.6. The van der Waals surface area contributed by atoms with Crippen LogP contribution >= 0.6 is 0 Å². The summed E-state index contributed by atoms with van der Waals surface area (Å²) in [6.07, 6.45) is 4.01. The molecule has 5 aromatic rings. The van der Waals surface area contributed by atoms with Crippen LogP contribution in [-0.4, -0.2) is 85.1 Å². The molecular weight excluding hydrogens is 759 g/mol. The van der Waals surface area contributed by atoms with Crippen molar-refractivity contribution in [3.8, 4) is 5.75 Å². The molecule has 4 aliphatic rings. The number of methoxy groups -OCH3 is 1. The first kappa shape index (κ1) is 39.1. The predicted octanol–water partition coefficient (Wildman–Crippen LogP) is 5.74. The number of aromatic nitrogens is 3. The highest BCUT2D eigenvalue weighted by Gasteiger charge is 2.67. The molecule has 2 spiro atoms. The number of nitrogens with zero attached hydrogens (tertiary/aromatic N) is 6. The maximum absolute atomic E-state index is 15.6. The molecule has 13 heteroatoms. The van der Waals surface area contributed by atoms with Gasteiger partial charge in [-0.05, 0) is 92.5 Å². The molecule has 0 bridgehead atoms. The van der Waals surface area contributed by atoms with Crippen LogP contribution < -0.4 is 29.9 Å². The largest absolute Gasteiger partial charge is 0.497 e. The average Bonchev–Trinajstić information content (AvgIpc) is 3.99. The number of para-hydroxylation sites is 2. The summed E-state index contributed by atoms with van der Waals surface area (Å²) in [5.74, 6) is 0.526. The Hall–Kier alpha value is -5.34. The number of carbonyl (C=O) groups excluding carboxylic acids is 2. The minimum Gasteiger partial charge on any atom is -0.497 e. The van der Waals surface area contributed by atoms with E-state index >= 15 is 4.79 Å². The Kier molecular flexibility index (Phi) is 10.2. The molecule has 4 atom stereocenters. The Morgan fingerprint density at radius 2 is 1.59 bits per heavy atom. The zero-order chi connectivity index (χ0) is 40.9. The summed E-state index contributed by atoms with van der Waals surface area (Å²) in [6.45, 7) is 9.42. The van der Waals surface area contributed by atoms with Gasteiger partial charge in [0.1, 0.15) is 11.3 Å². The van der Waals surface area contributed by atoms with Crippen molar-refractivity contribution in [2.75, 3.05) is 48.2 Å². The summed E-state index contributed by atoms with van der Waals surface area (Å²) in [6, 6.07) is 34.5. The lowest BCUT2D eigenvalue weighted by Gasteiger charge is -2.39. The zero-order valence-electron chi connectivity index (χ0n) is 34.3. The highest BCUT2D eigenvalue weighted by molar-refractivity contribution is 6.91. The SMILES string of the molecule is COc1ccc([Si](C)(C)[C@H]2[C@H](CCn3cc(CCO)nn3)O[C@@]3(C(=O)N(c4ccccc4)c4ccc(N5CN(c6ccccc6)C6(CCNCC6)C5=O)cc43)[C@@H]2C)cc1. The Morgan fingerprint density at radius 3 is 2.27 bits per heavy atom.